The number of rotatable bonds is 5. The second-order valence-corrected chi connectivity index (χ2v) is 5.42. The second-order valence-electron chi connectivity index (χ2n) is 5.42. The third-order valence-electron chi connectivity index (χ3n) is 3.83. The minimum atomic E-state index is -0.505. The summed E-state index contributed by atoms with van der Waals surface area (Å²) in [5.74, 6) is -0.524. The zero-order valence-electron chi connectivity index (χ0n) is 11.6. The van der Waals surface area contributed by atoms with E-state index in [1.54, 1.807) is 0 Å². The Balaban J connectivity index is 2.12. The topological polar surface area (TPSA) is 60.8 Å². The van der Waals surface area contributed by atoms with E-state index in [4.69, 9.17) is 5.11 Å². The molecule has 5 heteroatoms. The van der Waals surface area contributed by atoms with E-state index in [0.29, 0.717) is 18.0 Å². The highest BCUT2D eigenvalue weighted by molar-refractivity contribution is 5.97. The first-order valence-electron chi connectivity index (χ1n) is 6.86. The van der Waals surface area contributed by atoms with Crippen molar-refractivity contribution in [1.29, 1.82) is 0 Å². The number of carbonyl (C=O) groups excluding carboxylic acids is 1. The first-order chi connectivity index (χ1) is 9.51. The lowest BCUT2D eigenvalue weighted by Crippen LogP contribution is -2.21. The van der Waals surface area contributed by atoms with Gasteiger partial charge in [-0.3, -0.25) is 9.69 Å². The van der Waals surface area contributed by atoms with Crippen molar-refractivity contribution in [3.05, 3.63) is 29.1 Å². The molecular weight excluding hydrogens is 261 g/mol. The molecule has 2 rings (SSSR count). The summed E-state index contributed by atoms with van der Waals surface area (Å²) in [6.45, 7) is 3.59. The standard InChI is InChI=1S/C15H20FNO3/c1-10(19)14-7-13(16)6-12(15(14)20)9-17-4-2-11(8-17)3-5-18/h6-7,11,18,20H,2-5,8-9H2,1H3. The van der Waals surface area contributed by atoms with Crippen LogP contribution in [-0.2, 0) is 6.54 Å². The van der Waals surface area contributed by atoms with Gasteiger partial charge in [-0.15, -0.1) is 0 Å². The quantitative estimate of drug-likeness (QED) is 0.810. The van der Waals surface area contributed by atoms with Crippen LogP contribution in [0.4, 0.5) is 4.39 Å². The fourth-order valence-electron chi connectivity index (χ4n) is 2.76. The SMILES string of the molecule is CC(=O)c1cc(F)cc(CN2CCC(CCO)C2)c1O. The van der Waals surface area contributed by atoms with Crippen molar-refractivity contribution in [2.45, 2.75) is 26.3 Å². The monoisotopic (exact) mass is 281 g/mol. The summed E-state index contributed by atoms with van der Waals surface area (Å²) in [4.78, 5) is 13.5. The first-order valence-corrected chi connectivity index (χ1v) is 6.86. The largest absolute Gasteiger partial charge is 0.507 e. The van der Waals surface area contributed by atoms with Crippen LogP contribution in [0.1, 0.15) is 35.7 Å². The number of halogens is 1. The van der Waals surface area contributed by atoms with E-state index in [0.717, 1.165) is 32.0 Å². The number of phenolic OH excluding ortho intramolecular Hbond substituents is 1. The average Bonchev–Trinajstić information content (AvgIpc) is 2.81. The predicted molar refractivity (Wildman–Crippen MR) is 73.2 cm³/mol. The van der Waals surface area contributed by atoms with Gasteiger partial charge >= 0.3 is 0 Å². The number of benzene rings is 1. The number of aliphatic hydroxyl groups is 1. The Hall–Kier alpha value is -1.46. The van der Waals surface area contributed by atoms with Crippen molar-refractivity contribution >= 4 is 5.78 Å². The molecule has 4 nitrogen and oxygen atoms in total. The van der Waals surface area contributed by atoms with Crippen molar-refractivity contribution in [3.8, 4) is 5.75 Å². The normalized spacial score (nSPS) is 19.4. The average molecular weight is 281 g/mol. The molecule has 2 N–H and O–H groups in total. The lowest BCUT2D eigenvalue weighted by molar-refractivity contribution is 0.101. The molecule has 0 aliphatic carbocycles. The summed E-state index contributed by atoms with van der Waals surface area (Å²) in [6, 6.07) is 2.35. The van der Waals surface area contributed by atoms with Gasteiger partial charge in [-0.05, 0) is 44.4 Å². The highest BCUT2D eigenvalue weighted by Gasteiger charge is 2.23. The summed E-state index contributed by atoms with van der Waals surface area (Å²) >= 11 is 0. The van der Waals surface area contributed by atoms with E-state index in [1.807, 2.05) is 0 Å². The number of Topliss-reactive ketones (excluding diaryl/α,β-unsaturated/α-hetero) is 1. The second kappa shape index (κ2) is 6.33. The van der Waals surface area contributed by atoms with Crippen LogP contribution in [0.3, 0.4) is 0 Å². The number of nitrogens with zero attached hydrogens (tertiary/aromatic N) is 1. The van der Waals surface area contributed by atoms with Gasteiger partial charge in [-0.1, -0.05) is 0 Å². The van der Waals surface area contributed by atoms with Crippen molar-refractivity contribution < 1.29 is 19.4 Å². The van der Waals surface area contributed by atoms with Crippen LogP contribution in [0, 0.1) is 11.7 Å². The highest BCUT2D eigenvalue weighted by Crippen LogP contribution is 2.28. The maximum absolute atomic E-state index is 13.5. The molecule has 0 amide bonds. The first kappa shape index (κ1) is 14.9. The van der Waals surface area contributed by atoms with E-state index in [2.05, 4.69) is 4.90 Å². The molecule has 1 aromatic carbocycles. The number of hydrogen-bond donors (Lipinski definition) is 2. The van der Waals surface area contributed by atoms with Gasteiger partial charge in [0.05, 0.1) is 5.56 Å². The summed E-state index contributed by atoms with van der Waals surface area (Å²) in [6.07, 6.45) is 1.76. The van der Waals surface area contributed by atoms with Gasteiger partial charge in [0.15, 0.2) is 5.78 Å². The van der Waals surface area contributed by atoms with Crippen molar-refractivity contribution in [2.75, 3.05) is 19.7 Å². The van der Waals surface area contributed by atoms with Crippen LogP contribution in [0.15, 0.2) is 12.1 Å². The van der Waals surface area contributed by atoms with Gasteiger partial charge in [-0.2, -0.15) is 0 Å². The van der Waals surface area contributed by atoms with Gasteiger partial charge in [0, 0.05) is 25.3 Å². The molecule has 0 saturated carbocycles. The minimum Gasteiger partial charge on any atom is -0.507 e. The van der Waals surface area contributed by atoms with Crippen LogP contribution in [0.25, 0.3) is 0 Å². The zero-order chi connectivity index (χ0) is 14.7. The Bertz CT molecular complexity index is 504. The summed E-state index contributed by atoms with van der Waals surface area (Å²) < 4.78 is 13.5. The van der Waals surface area contributed by atoms with Crippen LogP contribution in [0.5, 0.6) is 5.75 Å². The molecule has 0 spiro atoms. The Morgan fingerprint density at radius 1 is 1.50 bits per heavy atom. The van der Waals surface area contributed by atoms with Gasteiger partial charge < -0.3 is 10.2 Å². The Kier molecular flexibility index (Phi) is 4.73. The Morgan fingerprint density at radius 2 is 2.25 bits per heavy atom. The molecule has 1 saturated heterocycles. The van der Waals surface area contributed by atoms with Crippen LogP contribution in [0.2, 0.25) is 0 Å². The molecule has 1 heterocycles. The molecule has 1 aliphatic rings. The van der Waals surface area contributed by atoms with Crippen molar-refractivity contribution in [3.63, 3.8) is 0 Å². The molecule has 1 unspecified atom stereocenters. The summed E-state index contributed by atoms with van der Waals surface area (Å²) in [5, 5.41) is 19.0. The predicted octanol–water partition coefficient (Wildman–Crippen LogP) is 1.94. The molecule has 0 aromatic heterocycles. The van der Waals surface area contributed by atoms with Gasteiger partial charge in [-0.25, -0.2) is 4.39 Å². The third-order valence-corrected chi connectivity index (χ3v) is 3.83. The molecule has 0 radical (unpaired) electrons. The van der Waals surface area contributed by atoms with Gasteiger partial charge in [0.2, 0.25) is 0 Å². The third kappa shape index (κ3) is 3.35. The van der Waals surface area contributed by atoms with Gasteiger partial charge in [0.1, 0.15) is 11.6 Å². The molecule has 0 bridgehead atoms. The van der Waals surface area contributed by atoms with E-state index < -0.39 is 5.82 Å². The highest BCUT2D eigenvalue weighted by atomic mass is 19.1. The van der Waals surface area contributed by atoms with E-state index >= 15 is 0 Å². The van der Waals surface area contributed by atoms with E-state index in [-0.39, 0.29) is 23.7 Å². The van der Waals surface area contributed by atoms with Crippen LogP contribution >= 0.6 is 0 Å². The summed E-state index contributed by atoms with van der Waals surface area (Å²) in [7, 11) is 0. The van der Waals surface area contributed by atoms with Crippen molar-refractivity contribution in [1.82, 2.24) is 4.90 Å². The molecule has 1 aliphatic heterocycles. The smallest absolute Gasteiger partial charge is 0.163 e. The fraction of sp³-hybridized carbons (Fsp3) is 0.533. The molecule has 1 fully saturated rings. The summed E-state index contributed by atoms with van der Waals surface area (Å²) in [5.41, 5.74) is 0.478. The van der Waals surface area contributed by atoms with Crippen LogP contribution < -0.4 is 0 Å². The van der Waals surface area contributed by atoms with E-state index in [1.165, 1.54) is 13.0 Å². The maximum atomic E-state index is 13.5. The maximum Gasteiger partial charge on any atom is 0.163 e. The molecule has 1 aromatic rings. The number of carbonyl (C=O) groups is 1. The lowest BCUT2D eigenvalue weighted by Gasteiger charge is -2.17. The minimum absolute atomic E-state index is 0.0334. The Labute approximate surface area is 117 Å². The molecule has 110 valence electrons. The number of aromatic hydroxyl groups is 1. The molecule has 1 atom stereocenters. The fourth-order valence-corrected chi connectivity index (χ4v) is 2.76. The Morgan fingerprint density at radius 3 is 2.90 bits per heavy atom. The van der Waals surface area contributed by atoms with Crippen molar-refractivity contribution in [2.24, 2.45) is 5.92 Å². The van der Waals surface area contributed by atoms with Crippen LogP contribution in [-0.4, -0.2) is 40.6 Å². The number of likely N-dealkylation sites (tertiary alicyclic amines) is 1. The molecule has 20 heavy (non-hydrogen) atoms. The number of hydrogen-bond acceptors (Lipinski definition) is 4. The molecular formula is C15H20FNO3. The lowest BCUT2D eigenvalue weighted by atomic mass is 10.0. The number of ketones is 1. The number of phenols is 1. The zero-order valence-corrected chi connectivity index (χ0v) is 11.6. The number of aliphatic hydroxyl groups excluding tert-OH is 1. The van der Waals surface area contributed by atoms with E-state index in [9.17, 15) is 14.3 Å². The van der Waals surface area contributed by atoms with Gasteiger partial charge in [0.25, 0.3) is 0 Å².